The quantitative estimate of drug-likeness (QED) is 0.798. The Morgan fingerprint density at radius 1 is 1.21 bits per heavy atom. The highest BCUT2D eigenvalue weighted by Crippen LogP contribution is 2.26. The van der Waals surface area contributed by atoms with Gasteiger partial charge in [-0.15, -0.1) is 0 Å². The van der Waals surface area contributed by atoms with Gasteiger partial charge in [0.1, 0.15) is 11.5 Å². The van der Waals surface area contributed by atoms with Crippen molar-refractivity contribution in [2.45, 2.75) is 12.2 Å². The van der Waals surface area contributed by atoms with Crippen molar-refractivity contribution < 1.29 is 24.5 Å². The SMILES string of the molecule is COc1ccc(OC)c(C(=O)N2CC(O)C(O)C2)c1. The number of hydrogen-bond acceptors (Lipinski definition) is 5. The predicted molar refractivity (Wildman–Crippen MR) is 67.5 cm³/mol. The molecule has 2 rings (SSSR count). The van der Waals surface area contributed by atoms with Crippen molar-refractivity contribution in [2.75, 3.05) is 27.3 Å². The number of aliphatic hydroxyl groups excluding tert-OH is 2. The van der Waals surface area contributed by atoms with E-state index >= 15 is 0 Å². The highest BCUT2D eigenvalue weighted by molar-refractivity contribution is 5.97. The Bertz CT molecular complexity index is 466. The van der Waals surface area contributed by atoms with E-state index in [0.717, 1.165) is 0 Å². The molecule has 2 atom stereocenters. The first kappa shape index (κ1) is 13.6. The number of aliphatic hydroxyl groups is 2. The van der Waals surface area contributed by atoms with Crippen LogP contribution in [0, 0.1) is 0 Å². The average molecular weight is 267 g/mol. The Balaban J connectivity index is 2.27. The number of methoxy groups -OCH3 is 2. The van der Waals surface area contributed by atoms with E-state index in [-0.39, 0.29) is 19.0 Å². The maximum atomic E-state index is 12.4. The van der Waals surface area contributed by atoms with Crippen LogP contribution in [0.2, 0.25) is 0 Å². The largest absolute Gasteiger partial charge is 0.497 e. The van der Waals surface area contributed by atoms with Gasteiger partial charge in [-0.05, 0) is 18.2 Å². The minimum atomic E-state index is -0.902. The van der Waals surface area contributed by atoms with Crippen LogP contribution in [0.4, 0.5) is 0 Å². The van der Waals surface area contributed by atoms with Crippen molar-refractivity contribution in [1.29, 1.82) is 0 Å². The van der Waals surface area contributed by atoms with Crippen molar-refractivity contribution in [3.8, 4) is 11.5 Å². The van der Waals surface area contributed by atoms with E-state index in [9.17, 15) is 15.0 Å². The number of nitrogens with zero attached hydrogens (tertiary/aromatic N) is 1. The van der Waals surface area contributed by atoms with Gasteiger partial charge in [-0.25, -0.2) is 0 Å². The predicted octanol–water partition coefficient (Wildman–Crippen LogP) is -0.119. The van der Waals surface area contributed by atoms with Gasteiger partial charge < -0.3 is 24.6 Å². The maximum absolute atomic E-state index is 12.4. The van der Waals surface area contributed by atoms with Gasteiger partial charge in [0.05, 0.1) is 32.0 Å². The molecule has 1 aliphatic heterocycles. The zero-order valence-corrected chi connectivity index (χ0v) is 10.9. The number of likely N-dealkylation sites (tertiary alicyclic amines) is 1. The lowest BCUT2D eigenvalue weighted by Gasteiger charge is -2.17. The summed E-state index contributed by atoms with van der Waals surface area (Å²) < 4.78 is 10.2. The normalized spacial score (nSPS) is 22.4. The van der Waals surface area contributed by atoms with E-state index < -0.39 is 12.2 Å². The first-order valence-electron chi connectivity index (χ1n) is 5.94. The summed E-state index contributed by atoms with van der Waals surface area (Å²) in [6.45, 7) is 0.223. The van der Waals surface area contributed by atoms with Crippen LogP contribution in [0.1, 0.15) is 10.4 Å². The molecule has 6 heteroatoms. The van der Waals surface area contributed by atoms with Gasteiger partial charge in [0, 0.05) is 13.1 Å². The second-order valence-corrected chi connectivity index (χ2v) is 4.41. The lowest BCUT2D eigenvalue weighted by atomic mass is 10.1. The first-order valence-corrected chi connectivity index (χ1v) is 5.94. The Kier molecular flexibility index (Phi) is 3.92. The molecule has 0 spiro atoms. The molecule has 1 heterocycles. The Morgan fingerprint density at radius 3 is 2.37 bits per heavy atom. The van der Waals surface area contributed by atoms with Crippen LogP contribution in [0.3, 0.4) is 0 Å². The highest BCUT2D eigenvalue weighted by Gasteiger charge is 2.34. The van der Waals surface area contributed by atoms with Gasteiger partial charge in [-0.1, -0.05) is 0 Å². The van der Waals surface area contributed by atoms with Crippen molar-refractivity contribution in [1.82, 2.24) is 4.90 Å². The van der Waals surface area contributed by atoms with Gasteiger partial charge in [0.25, 0.3) is 5.91 Å². The molecule has 0 radical (unpaired) electrons. The molecule has 1 aliphatic rings. The number of rotatable bonds is 3. The fourth-order valence-corrected chi connectivity index (χ4v) is 2.09. The minimum absolute atomic E-state index is 0.111. The minimum Gasteiger partial charge on any atom is -0.497 e. The van der Waals surface area contributed by atoms with Gasteiger partial charge >= 0.3 is 0 Å². The van der Waals surface area contributed by atoms with Crippen molar-refractivity contribution in [3.63, 3.8) is 0 Å². The van der Waals surface area contributed by atoms with E-state index in [1.54, 1.807) is 18.2 Å². The molecule has 0 saturated carbocycles. The van der Waals surface area contributed by atoms with Crippen LogP contribution in [0.25, 0.3) is 0 Å². The topological polar surface area (TPSA) is 79.2 Å². The summed E-state index contributed by atoms with van der Waals surface area (Å²) in [6.07, 6.45) is -1.80. The smallest absolute Gasteiger partial charge is 0.257 e. The third-order valence-corrected chi connectivity index (χ3v) is 3.18. The number of ether oxygens (including phenoxy) is 2. The van der Waals surface area contributed by atoms with Crippen LogP contribution in [-0.2, 0) is 0 Å². The summed E-state index contributed by atoms with van der Waals surface area (Å²) in [5.41, 5.74) is 0.350. The average Bonchev–Trinajstić information content (AvgIpc) is 2.77. The second-order valence-electron chi connectivity index (χ2n) is 4.41. The maximum Gasteiger partial charge on any atom is 0.257 e. The number of carbonyl (C=O) groups excluding carboxylic acids is 1. The van der Waals surface area contributed by atoms with Crippen LogP contribution >= 0.6 is 0 Å². The molecule has 19 heavy (non-hydrogen) atoms. The van der Waals surface area contributed by atoms with Crippen LogP contribution in [-0.4, -0.2) is 60.5 Å². The molecule has 2 unspecified atom stereocenters. The molecule has 2 N–H and O–H groups in total. The summed E-state index contributed by atoms with van der Waals surface area (Å²) in [4.78, 5) is 13.7. The lowest BCUT2D eigenvalue weighted by molar-refractivity contribution is 0.0572. The summed E-state index contributed by atoms with van der Waals surface area (Å²) in [7, 11) is 2.99. The molecular formula is C13H17NO5. The van der Waals surface area contributed by atoms with Gasteiger partial charge in [0.15, 0.2) is 0 Å². The first-order chi connectivity index (χ1) is 9.06. The summed E-state index contributed by atoms with van der Waals surface area (Å²) in [5.74, 6) is 0.678. The van der Waals surface area contributed by atoms with E-state index in [2.05, 4.69) is 0 Å². The molecule has 6 nitrogen and oxygen atoms in total. The van der Waals surface area contributed by atoms with Crippen LogP contribution in [0.5, 0.6) is 11.5 Å². The molecule has 1 saturated heterocycles. The third kappa shape index (κ3) is 2.64. The molecular weight excluding hydrogens is 250 g/mol. The second kappa shape index (κ2) is 5.46. The Labute approximate surface area is 111 Å². The standard InChI is InChI=1S/C13H17NO5/c1-18-8-3-4-12(19-2)9(5-8)13(17)14-6-10(15)11(16)7-14/h3-5,10-11,15-16H,6-7H2,1-2H3. The van der Waals surface area contributed by atoms with E-state index in [1.807, 2.05) is 0 Å². The summed E-state index contributed by atoms with van der Waals surface area (Å²) >= 11 is 0. The van der Waals surface area contributed by atoms with Gasteiger partial charge in [-0.3, -0.25) is 4.79 Å². The molecule has 0 aromatic heterocycles. The molecule has 104 valence electrons. The van der Waals surface area contributed by atoms with Crippen LogP contribution < -0.4 is 9.47 Å². The number of hydrogen-bond donors (Lipinski definition) is 2. The molecule has 1 fully saturated rings. The summed E-state index contributed by atoms with van der Waals surface area (Å²) in [5, 5.41) is 19.0. The Hall–Kier alpha value is -1.79. The molecule has 0 aliphatic carbocycles. The molecule has 0 bridgehead atoms. The number of β-amino-alcohol motifs (C(OH)–C–C–N with tert-alkyl or cyclic N) is 2. The van der Waals surface area contributed by atoms with Crippen LogP contribution in [0.15, 0.2) is 18.2 Å². The van der Waals surface area contributed by atoms with E-state index in [4.69, 9.17) is 9.47 Å². The van der Waals surface area contributed by atoms with E-state index in [1.165, 1.54) is 19.1 Å². The van der Waals surface area contributed by atoms with Gasteiger partial charge in [-0.2, -0.15) is 0 Å². The van der Waals surface area contributed by atoms with E-state index in [0.29, 0.717) is 17.1 Å². The zero-order chi connectivity index (χ0) is 14.0. The molecule has 1 aromatic rings. The van der Waals surface area contributed by atoms with Crippen molar-refractivity contribution in [3.05, 3.63) is 23.8 Å². The zero-order valence-electron chi connectivity index (χ0n) is 10.9. The number of carbonyl (C=O) groups is 1. The molecule has 1 aromatic carbocycles. The van der Waals surface area contributed by atoms with Crippen molar-refractivity contribution in [2.24, 2.45) is 0 Å². The third-order valence-electron chi connectivity index (χ3n) is 3.18. The summed E-state index contributed by atoms with van der Waals surface area (Å²) in [6, 6.07) is 4.93. The number of amides is 1. The fourth-order valence-electron chi connectivity index (χ4n) is 2.09. The highest BCUT2D eigenvalue weighted by atomic mass is 16.5. The van der Waals surface area contributed by atoms with Gasteiger partial charge in [0.2, 0.25) is 0 Å². The van der Waals surface area contributed by atoms with Crippen molar-refractivity contribution >= 4 is 5.91 Å². The fraction of sp³-hybridized carbons (Fsp3) is 0.462. The monoisotopic (exact) mass is 267 g/mol. The Morgan fingerprint density at radius 2 is 1.84 bits per heavy atom. The molecule has 1 amide bonds. The number of benzene rings is 1. The lowest BCUT2D eigenvalue weighted by Crippen LogP contribution is -2.30.